The lowest BCUT2D eigenvalue weighted by atomic mass is 9.96. The highest BCUT2D eigenvalue weighted by molar-refractivity contribution is 6.30. The van der Waals surface area contributed by atoms with Gasteiger partial charge in [-0.3, -0.25) is 0 Å². The zero-order valence-electron chi connectivity index (χ0n) is 15.7. The number of hydrogen-bond donors (Lipinski definition) is 0. The van der Waals surface area contributed by atoms with Crippen molar-refractivity contribution in [1.29, 1.82) is 0 Å². The molecular formula is C23H18ClFN2O2. The lowest BCUT2D eigenvalue weighted by Gasteiger charge is -2.38. The molecule has 0 spiro atoms. The lowest BCUT2D eigenvalue weighted by molar-refractivity contribution is -0.0192. The van der Waals surface area contributed by atoms with Gasteiger partial charge in [0.05, 0.1) is 18.9 Å². The molecule has 3 aromatic carbocycles. The van der Waals surface area contributed by atoms with E-state index in [1.54, 1.807) is 19.2 Å². The van der Waals surface area contributed by atoms with E-state index in [-0.39, 0.29) is 11.9 Å². The van der Waals surface area contributed by atoms with E-state index in [4.69, 9.17) is 26.2 Å². The topological polar surface area (TPSA) is 34.1 Å². The van der Waals surface area contributed by atoms with E-state index in [1.165, 1.54) is 12.1 Å². The van der Waals surface area contributed by atoms with Gasteiger partial charge in [-0.05, 0) is 42.5 Å². The monoisotopic (exact) mass is 408 g/mol. The molecule has 6 heteroatoms. The molecule has 0 radical (unpaired) electrons. The van der Waals surface area contributed by atoms with Crippen LogP contribution in [-0.2, 0) is 0 Å². The molecule has 29 heavy (non-hydrogen) atoms. The molecule has 0 saturated carbocycles. The van der Waals surface area contributed by atoms with Gasteiger partial charge in [-0.1, -0.05) is 35.9 Å². The van der Waals surface area contributed by atoms with Crippen LogP contribution in [0.2, 0.25) is 5.02 Å². The Morgan fingerprint density at radius 2 is 1.97 bits per heavy atom. The van der Waals surface area contributed by atoms with Gasteiger partial charge in [-0.15, -0.1) is 0 Å². The van der Waals surface area contributed by atoms with Crippen LogP contribution in [0.3, 0.4) is 0 Å². The summed E-state index contributed by atoms with van der Waals surface area (Å²) < 4.78 is 25.5. The Morgan fingerprint density at radius 3 is 2.79 bits per heavy atom. The van der Waals surface area contributed by atoms with Crippen LogP contribution in [0.25, 0.3) is 0 Å². The Labute approximate surface area is 173 Å². The second-order valence-corrected chi connectivity index (χ2v) is 7.52. The Hall–Kier alpha value is -3.05. The zero-order chi connectivity index (χ0) is 20.0. The van der Waals surface area contributed by atoms with Gasteiger partial charge in [0.2, 0.25) is 6.23 Å². The summed E-state index contributed by atoms with van der Waals surface area (Å²) in [5.41, 5.74) is 3.60. The number of rotatable bonds is 3. The van der Waals surface area contributed by atoms with Crippen molar-refractivity contribution < 1.29 is 13.9 Å². The first-order chi connectivity index (χ1) is 14.1. The Morgan fingerprint density at radius 1 is 1.10 bits per heavy atom. The third-order valence-electron chi connectivity index (χ3n) is 5.29. The molecular weight excluding hydrogens is 391 g/mol. The fourth-order valence-electron chi connectivity index (χ4n) is 3.92. The molecule has 0 N–H and O–H groups in total. The first-order valence-corrected chi connectivity index (χ1v) is 9.72. The van der Waals surface area contributed by atoms with Crippen molar-refractivity contribution in [1.82, 2.24) is 5.01 Å². The Kier molecular flexibility index (Phi) is 4.40. The van der Waals surface area contributed by atoms with Gasteiger partial charge in [0.25, 0.3) is 0 Å². The summed E-state index contributed by atoms with van der Waals surface area (Å²) in [6.07, 6.45) is 0.169. The molecule has 0 unspecified atom stereocenters. The molecule has 146 valence electrons. The maximum atomic E-state index is 13.9. The predicted octanol–water partition coefficient (Wildman–Crippen LogP) is 5.73. The lowest BCUT2D eigenvalue weighted by Crippen LogP contribution is -2.33. The van der Waals surface area contributed by atoms with E-state index >= 15 is 0 Å². The second-order valence-electron chi connectivity index (χ2n) is 7.09. The van der Waals surface area contributed by atoms with Crippen LogP contribution in [0.5, 0.6) is 11.5 Å². The number of ether oxygens (including phenoxy) is 2. The molecule has 0 amide bonds. The van der Waals surface area contributed by atoms with Gasteiger partial charge in [0.15, 0.2) is 0 Å². The van der Waals surface area contributed by atoms with E-state index in [2.05, 4.69) is 0 Å². The van der Waals surface area contributed by atoms with Gasteiger partial charge in [0.1, 0.15) is 17.3 Å². The van der Waals surface area contributed by atoms with Crippen LogP contribution in [0.4, 0.5) is 4.39 Å². The number of fused-ring (bicyclic) bond motifs is 3. The minimum atomic E-state index is -0.521. The van der Waals surface area contributed by atoms with Crippen LogP contribution >= 0.6 is 11.6 Å². The summed E-state index contributed by atoms with van der Waals surface area (Å²) >= 11 is 6.26. The van der Waals surface area contributed by atoms with Crippen molar-refractivity contribution in [3.05, 3.63) is 94.3 Å². The first kappa shape index (κ1) is 18.0. The fourth-order valence-corrected chi connectivity index (χ4v) is 4.10. The number of hydrazone groups is 1. The molecule has 3 aromatic rings. The molecule has 2 heterocycles. The van der Waals surface area contributed by atoms with Crippen LogP contribution in [0, 0.1) is 5.82 Å². The van der Waals surface area contributed by atoms with Gasteiger partial charge in [0, 0.05) is 28.1 Å². The molecule has 0 fully saturated rings. The molecule has 4 nitrogen and oxygen atoms in total. The molecule has 0 aromatic heterocycles. The maximum Gasteiger partial charge on any atom is 0.213 e. The number of hydrogen-bond acceptors (Lipinski definition) is 4. The fraction of sp³-hybridized carbons (Fsp3) is 0.174. The molecule has 2 aliphatic rings. The van der Waals surface area contributed by atoms with E-state index in [1.807, 2.05) is 47.5 Å². The van der Waals surface area contributed by atoms with Crippen molar-refractivity contribution in [3.8, 4) is 11.5 Å². The van der Waals surface area contributed by atoms with Crippen molar-refractivity contribution >= 4 is 17.3 Å². The van der Waals surface area contributed by atoms with E-state index in [0.717, 1.165) is 28.3 Å². The molecule has 2 atom stereocenters. The Balaban J connectivity index is 1.60. The number of nitrogens with zero attached hydrogens (tertiary/aromatic N) is 2. The van der Waals surface area contributed by atoms with E-state index in [0.29, 0.717) is 17.0 Å². The van der Waals surface area contributed by atoms with Crippen molar-refractivity contribution in [2.75, 3.05) is 7.11 Å². The highest BCUT2D eigenvalue weighted by atomic mass is 35.5. The highest BCUT2D eigenvalue weighted by Gasteiger charge is 2.41. The highest BCUT2D eigenvalue weighted by Crippen LogP contribution is 2.48. The Bertz CT molecular complexity index is 1120. The standard InChI is InChI=1S/C23H18ClFN2O2/c1-28-18-7-3-4-14(11-18)20-13-21-19-12-16(24)8-9-22(19)29-23(27(21)26-20)15-5-2-6-17(25)10-15/h2-12,21,23H,13H2,1H3/t21-,23-/m0/s1. The first-order valence-electron chi connectivity index (χ1n) is 9.34. The van der Waals surface area contributed by atoms with Crippen molar-refractivity contribution in [3.63, 3.8) is 0 Å². The van der Waals surface area contributed by atoms with Crippen LogP contribution < -0.4 is 9.47 Å². The predicted molar refractivity (Wildman–Crippen MR) is 110 cm³/mol. The van der Waals surface area contributed by atoms with Crippen LogP contribution in [0.1, 0.15) is 35.4 Å². The van der Waals surface area contributed by atoms with Crippen molar-refractivity contribution in [2.24, 2.45) is 5.10 Å². The smallest absolute Gasteiger partial charge is 0.213 e. The summed E-state index contributed by atoms with van der Waals surface area (Å²) in [4.78, 5) is 0. The van der Waals surface area contributed by atoms with Gasteiger partial charge >= 0.3 is 0 Å². The molecule has 0 bridgehead atoms. The largest absolute Gasteiger partial charge is 0.497 e. The third-order valence-corrected chi connectivity index (χ3v) is 5.52. The third kappa shape index (κ3) is 3.21. The number of benzene rings is 3. The summed E-state index contributed by atoms with van der Waals surface area (Å²) in [5, 5.41) is 7.43. The summed E-state index contributed by atoms with van der Waals surface area (Å²) in [5.74, 6) is 1.21. The SMILES string of the molecule is COc1cccc(C2=NN3[C@@H](C2)c2cc(Cl)ccc2O[C@H]3c2cccc(F)c2)c1. The molecule has 2 aliphatic heterocycles. The zero-order valence-corrected chi connectivity index (χ0v) is 16.4. The van der Waals surface area contributed by atoms with Crippen molar-refractivity contribution in [2.45, 2.75) is 18.7 Å². The summed E-state index contributed by atoms with van der Waals surface area (Å²) in [6, 6.07) is 19.8. The van der Waals surface area contributed by atoms with Gasteiger partial charge < -0.3 is 9.47 Å². The van der Waals surface area contributed by atoms with Gasteiger partial charge in [-0.2, -0.15) is 5.10 Å². The molecule has 0 saturated heterocycles. The minimum Gasteiger partial charge on any atom is -0.497 e. The van der Waals surface area contributed by atoms with Crippen LogP contribution in [-0.4, -0.2) is 17.8 Å². The van der Waals surface area contributed by atoms with Crippen LogP contribution in [0.15, 0.2) is 71.8 Å². The average Bonchev–Trinajstić information content (AvgIpc) is 3.19. The quantitative estimate of drug-likeness (QED) is 0.555. The summed E-state index contributed by atoms with van der Waals surface area (Å²) in [7, 11) is 1.64. The number of halogens is 2. The molecule has 5 rings (SSSR count). The summed E-state index contributed by atoms with van der Waals surface area (Å²) in [6.45, 7) is 0. The minimum absolute atomic E-state index is 0.0491. The van der Waals surface area contributed by atoms with E-state index in [9.17, 15) is 4.39 Å². The second kappa shape index (κ2) is 7.08. The van der Waals surface area contributed by atoms with Gasteiger partial charge in [-0.25, -0.2) is 9.40 Å². The van der Waals surface area contributed by atoms with E-state index < -0.39 is 6.23 Å². The molecule has 0 aliphatic carbocycles. The maximum absolute atomic E-state index is 13.9. The average molecular weight is 409 g/mol. The number of methoxy groups -OCH3 is 1. The normalized spacial score (nSPS) is 19.8.